The summed E-state index contributed by atoms with van der Waals surface area (Å²) in [5.74, 6) is -0.187. The van der Waals surface area contributed by atoms with Crippen LogP contribution in [0.3, 0.4) is 0 Å². The summed E-state index contributed by atoms with van der Waals surface area (Å²) in [7, 11) is 1.77. The lowest BCUT2D eigenvalue weighted by Crippen LogP contribution is -2.31. The summed E-state index contributed by atoms with van der Waals surface area (Å²) in [4.78, 5) is 26.2. The predicted octanol–water partition coefficient (Wildman–Crippen LogP) is 4.00. The topological polar surface area (TPSA) is 67.2 Å². The van der Waals surface area contributed by atoms with Crippen molar-refractivity contribution in [2.24, 2.45) is 0 Å². The van der Waals surface area contributed by atoms with Crippen LogP contribution in [0.2, 0.25) is 5.02 Å². The zero-order valence-electron chi connectivity index (χ0n) is 15.6. The van der Waals surface area contributed by atoms with Crippen LogP contribution in [0.5, 0.6) is 0 Å². The number of para-hydroxylation sites is 1. The number of anilines is 2. The van der Waals surface area contributed by atoms with Gasteiger partial charge >= 0.3 is 0 Å². The maximum absolute atomic E-state index is 12.8. The lowest BCUT2D eigenvalue weighted by atomic mass is 10.0. The second kappa shape index (κ2) is 7.13. The minimum Gasteiger partial charge on any atom is -0.321 e. The van der Waals surface area contributed by atoms with E-state index in [0.29, 0.717) is 34.9 Å². The predicted molar refractivity (Wildman–Crippen MR) is 109 cm³/mol. The number of halogens is 1. The molecule has 0 atom stereocenters. The summed E-state index contributed by atoms with van der Waals surface area (Å²) in [5, 5.41) is 7.88. The zero-order valence-corrected chi connectivity index (χ0v) is 16.3. The molecule has 4 rings (SSSR count). The van der Waals surface area contributed by atoms with Crippen LogP contribution in [0.4, 0.5) is 11.4 Å². The van der Waals surface area contributed by atoms with Gasteiger partial charge in [-0.3, -0.25) is 9.59 Å². The monoisotopic (exact) mass is 394 g/mol. The summed E-state index contributed by atoms with van der Waals surface area (Å²) in [5.41, 5.74) is 4.41. The number of amides is 2. The molecule has 0 unspecified atom stereocenters. The molecule has 0 radical (unpaired) electrons. The van der Waals surface area contributed by atoms with Crippen LogP contribution < -0.4 is 10.2 Å². The van der Waals surface area contributed by atoms with E-state index in [9.17, 15) is 9.59 Å². The van der Waals surface area contributed by atoms with Crippen molar-refractivity contribution in [3.63, 3.8) is 0 Å². The normalized spacial score (nSPS) is 13.4. The summed E-state index contributed by atoms with van der Waals surface area (Å²) >= 11 is 6.23. The van der Waals surface area contributed by atoms with Gasteiger partial charge in [-0.2, -0.15) is 5.10 Å². The van der Waals surface area contributed by atoms with Crippen LogP contribution in [0, 0.1) is 6.92 Å². The van der Waals surface area contributed by atoms with E-state index in [4.69, 9.17) is 11.6 Å². The molecular formula is C21H19ClN4O2. The second-order valence-electron chi connectivity index (χ2n) is 6.81. The van der Waals surface area contributed by atoms with Gasteiger partial charge in [0.05, 0.1) is 10.7 Å². The smallest absolute Gasteiger partial charge is 0.276 e. The third-order valence-corrected chi connectivity index (χ3v) is 5.21. The third-order valence-electron chi connectivity index (χ3n) is 4.89. The van der Waals surface area contributed by atoms with Gasteiger partial charge in [0, 0.05) is 36.6 Å². The largest absolute Gasteiger partial charge is 0.321 e. The van der Waals surface area contributed by atoms with E-state index < -0.39 is 0 Å². The van der Waals surface area contributed by atoms with Crippen molar-refractivity contribution in [2.45, 2.75) is 19.8 Å². The number of benzene rings is 2. The van der Waals surface area contributed by atoms with Gasteiger partial charge in [0.25, 0.3) is 5.91 Å². The maximum Gasteiger partial charge on any atom is 0.276 e. The molecule has 0 aliphatic carbocycles. The molecule has 0 bridgehead atoms. The maximum atomic E-state index is 12.8. The number of aromatic nitrogens is 2. The standard InChI is InChI=1S/C21H19ClN4O2/c1-13-12-26(18-6-4-3-5-16(18)22)24-20(13)21(28)23-15-8-9-17-14(11-15)7-10-19(27)25(17)2/h3-6,8-9,11-12H,7,10H2,1-2H3,(H,23,28). The summed E-state index contributed by atoms with van der Waals surface area (Å²) in [6.45, 7) is 1.84. The average Bonchev–Trinajstić information content (AvgIpc) is 3.07. The highest BCUT2D eigenvalue weighted by Crippen LogP contribution is 2.29. The second-order valence-corrected chi connectivity index (χ2v) is 7.21. The molecule has 0 spiro atoms. The quantitative estimate of drug-likeness (QED) is 0.730. The Hall–Kier alpha value is -3.12. The molecule has 6 nitrogen and oxygen atoms in total. The number of nitrogens with one attached hydrogen (secondary N) is 1. The summed E-state index contributed by atoms with van der Waals surface area (Å²) in [6, 6.07) is 12.9. The van der Waals surface area contributed by atoms with Crippen LogP contribution in [0.25, 0.3) is 5.69 Å². The molecule has 2 heterocycles. The Morgan fingerprint density at radius 3 is 2.71 bits per heavy atom. The molecule has 142 valence electrons. The van der Waals surface area contributed by atoms with Gasteiger partial charge in [0.15, 0.2) is 5.69 Å². The van der Waals surface area contributed by atoms with Crippen LogP contribution in [0.15, 0.2) is 48.7 Å². The van der Waals surface area contributed by atoms with E-state index in [0.717, 1.165) is 16.8 Å². The van der Waals surface area contributed by atoms with Gasteiger partial charge in [-0.25, -0.2) is 4.68 Å². The molecule has 0 saturated heterocycles. The van der Waals surface area contributed by atoms with E-state index in [-0.39, 0.29) is 11.8 Å². The fourth-order valence-corrected chi connectivity index (χ4v) is 3.59. The molecule has 28 heavy (non-hydrogen) atoms. The van der Waals surface area contributed by atoms with Crippen LogP contribution in [-0.4, -0.2) is 28.6 Å². The van der Waals surface area contributed by atoms with Crippen molar-refractivity contribution in [3.8, 4) is 5.69 Å². The number of aryl methyl sites for hydroxylation is 2. The van der Waals surface area contributed by atoms with E-state index >= 15 is 0 Å². The molecular weight excluding hydrogens is 376 g/mol. The van der Waals surface area contributed by atoms with Gasteiger partial charge < -0.3 is 10.2 Å². The van der Waals surface area contributed by atoms with Crippen molar-refractivity contribution >= 4 is 34.8 Å². The summed E-state index contributed by atoms with van der Waals surface area (Å²) in [6.07, 6.45) is 2.92. The van der Waals surface area contributed by atoms with E-state index in [1.165, 1.54) is 0 Å². The Bertz CT molecular complexity index is 1090. The fraction of sp³-hybridized carbons (Fsp3) is 0.190. The lowest BCUT2D eigenvalue weighted by Gasteiger charge is -2.26. The Kier molecular flexibility index (Phi) is 4.65. The van der Waals surface area contributed by atoms with Gasteiger partial charge in [-0.15, -0.1) is 0 Å². The molecule has 7 heteroatoms. The average molecular weight is 395 g/mol. The fourth-order valence-electron chi connectivity index (χ4n) is 3.37. The number of rotatable bonds is 3. The first-order chi connectivity index (χ1) is 13.4. The van der Waals surface area contributed by atoms with Crippen LogP contribution in [0.1, 0.15) is 28.0 Å². The minimum absolute atomic E-state index is 0.102. The third kappa shape index (κ3) is 3.27. The molecule has 0 saturated carbocycles. The lowest BCUT2D eigenvalue weighted by molar-refractivity contribution is -0.118. The first kappa shape index (κ1) is 18.3. The molecule has 1 aromatic heterocycles. The molecule has 2 aromatic carbocycles. The van der Waals surface area contributed by atoms with E-state index in [1.54, 1.807) is 35.0 Å². The summed E-state index contributed by atoms with van der Waals surface area (Å²) < 4.78 is 1.61. The number of nitrogens with zero attached hydrogens (tertiary/aromatic N) is 3. The van der Waals surface area contributed by atoms with Crippen molar-refractivity contribution < 1.29 is 9.59 Å². The van der Waals surface area contributed by atoms with Gasteiger partial charge in [0.1, 0.15) is 0 Å². The highest BCUT2D eigenvalue weighted by atomic mass is 35.5. The zero-order chi connectivity index (χ0) is 19.8. The SMILES string of the molecule is Cc1cn(-c2ccccc2Cl)nc1C(=O)Nc1ccc2c(c1)CCC(=O)N2C. The van der Waals surface area contributed by atoms with Crippen LogP contribution in [-0.2, 0) is 11.2 Å². The van der Waals surface area contributed by atoms with Crippen molar-refractivity contribution in [1.29, 1.82) is 0 Å². The van der Waals surface area contributed by atoms with Crippen molar-refractivity contribution in [1.82, 2.24) is 9.78 Å². The number of hydrogen-bond donors (Lipinski definition) is 1. The van der Waals surface area contributed by atoms with Crippen molar-refractivity contribution in [3.05, 3.63) is 70.5 Å². The number of hydrogen-bond acceptors (Lipinski definition) is 3. The number of fused-ring (bicyclic) bond motifs is 1. The van der Waals surface area contributed by atoms with Crippen LogP contribution >= 0.6 is 11.6 Å². The molecule has 1 aliphatic rings. The molecule has 1 aliphatic heterocycles. The molecule has 1 N–H and O–H groups in total. The Morgan fingerprint density at radius 2 is 1.93 bits per heavy atom. The molecule has 3 aromatic rings. The number of carbonyl (C=O) groups is 2. The highest BCUT2D eigenvalue weighted by Gasteiger charge is 2.22. The van der Waals surface area contributed by atoms with Gasteiger partial charge in [-0.1, -0.05) is 23.7 Å². The molecule has 2 amide bonds. The van der Waals surface area contributed by atoms with E-state index in [2.05, 4.69) is 10.4 Å². The first-order valence-corrected chi connectivity index (χ1v) is 9.34. The van der Waals surface area contributed by atoms with Gasteiger partial charge in [-0.05, 0) is 49.2 Å². The molecule has 0 fully saturated rings. The van der Waals surface area contributed by atoms with Crippen molar-refractivity contribution in [2.75, 3.05) is 17.3 Å². The minimum atomic E-state index is -0.288. The first-order valence-electron chi connectivity index (χ1n) is 8.96. The Balaban J connectivity index is 1.58. The van der Waals surface area contributed by atoms with E-state index in [1.807, 2.05) is 37.3 Å². The number of carbonyl (C=O) groups excluding carboxylic acids is 2. The van der Waals surface area contributed by atoms with Gasteiger partial charge in [0.2, 0.25) is 5.91 Å². The Morgan fingerprint density at radius 1 is 1.14 bits per heavy atom. The Labute approximate surface area is 167 Å². The highest BCUT2D eigenvalue weighted by molar-refractivity contribution is 6.32.